The summed E-state index contributed by atoms with van der Waals surface area (Å²) in [5.74, 6) is -0.492. The summed E-state index contributed by atoms with van der Waals surface area (Å²) in [5, 5.41) is 6.80. The van der Waals surface area contributed by atoms with Gasteiger partial charge in [-0.2, -0.15) is 5.10 Å². The van der Waals surface area contributed by atoms with Gasteiger partial charge in [0.05, 0.1) is 18.9 Å². The molecule has 2 N–H and O–H groups in total. The van der Waals surface area contributed by atoms with Gasteiger partial charge >= 0.3 is 5.97 Å². The Bertz CT molecular complexity index is 1570. The summed E-state index contributed by atoms with van der Waals surface area (Å²) >= 11 is 3.40. The smallest absolute Gasteiger partial charge is 0.343 e. The molecule has 0 fully saturated rings. The first-order valence-electron chi connectivity index (χ1n) is 11.8. The van der Waals surface area contributed by atoms with Crippen molar-refractivity contribution in [2.45, 2.75) is 6.92 Å². The molecule has 0 spiro atoms. The van der Waals surface area contributed by atoms with Gasteiger partial charge in [0.25, 0.3) is 11.8 Å². The molecule has 0 aliphatic heterocycles. The predicted octanol–water partition coefficient (Wildman–Crippen LogP) is 6.00. The van der Waals surface area contributed by atoms with Crippen molar-refractivity contribution in [3.63, 3.8) is 0 Å². The highest BCUT2D eigenvalue weighted by Gasteiger charge is 2.13. The van der Waals surface area contributed by atoms with Crippen LogP contribution >= 0.6 is 15.9 Å². The highest BCUT2D eigenvalue weighted by Crippen LogP contribution is 2.23. The number of anilines is 1. The van der Waals surface area contributed by atoms with Crippen molar-refractivity contribution in [3.8, 4) is 11.5 Å². The number of methoxy groups -OCH3 is 1. The number of nitrogens with zero attached hydrogens (tertiary/aromatic N) is 1. The summed E-state index contributed by atoms with van der Waals surface area (Å²) in [4.78, 5) is 37.9. The van der Waals surface area contributed by atoms with Crippen LogP contribution in [-0.2, 0) is 0 Å². The molecule has 8 nitrogen and oxygen atoms in total. The number of aryl methyl sites for hydroxylation is 1. The van der Waals surface area contributed by atoms with Crippen molar-refractivity contribution in [1.82, 2.24) is 5.43 Å². The molecule has 4 rings (SSSR count). The number of rotatable bonds is 8. The van der Waals surface area contributed by atoms with E-state index in [2.05, 4.69) is 31.8 Å². The van der Waals surface area contributed by atoms with Gasteiger partial charge in [-0.25, -0.2) is 10.2 Å². The summed E-state index contributed by atoms with van der Waals surface area (Å²) in [6.07, 6.45) is 1.38. The van der Waals surface area contributed by atoms with E-state index in [9.17, 15) is 14.4 Å². The molecule has 0 saturated heterocycles. The Balaban J connectivity index is 1.43. The number of carbonyl (C=O) groups excluding carboxylic acids is 3. The zero-order chi connectivity index (χ0) is 27.8. The lowest BCUT2D eigenvalue weighted by molar-refractivity contribution is 0.0733. The van der Waals surface area contributed by atoms with Crippen molar-refractivity contribution < 1.29 is 23.9 Å². The van der Waals surface area contributed by atoms with E-state index >= 15 is 0 Å². The number of hydrogen-bond donors (Lipinski definition) is 2. The van der Waals surface area contributed by atoms with Gasteiger partial charge in [-0.1, -0.05) is 45.8 Å². The van der Waals surface area contributed by atoms with Gasteiger partial charge in [0.1, 0.15) is 11.5 Å². The topological polar surface area (TPSA) is 106 Å². The molecule has 0 aliphatic rings. The van der Waals surface area contributed by atoms with Crippen LogP contribution in [0.15, 0.2) is 101 Å². The summed E-state index contributed by atoms with van der Waals surface area (Å²) in [7, 11) is 1.52. The van der Waals surface area contributed by atoms with E-state index in [1.807, 2.05) is 13.0 Å². The third-order valence-electron chi connectivity index (χ3n) is 5.51. The van der Waals surface area contributed by atoms with Crippen LogP contribution in [0.5, 0.6) is 11.5 Å². The van der Waals surface area contributed by atoms with E-state index in [4.69, 9.17) is 9.47 Å². The maximum absolute atomic E-state index is 12.7. The second-order valence-corrected chi connectivity index (χ2v) is 9.32. The van der Waals surface area contributed by atoms with E-state index in [1.54, 1.807) is 78.9 Å². The molecule has 39 heavy (non-hydrogen) atoms. The van der Waals surface area contributed by atoms with Crippen molar-refractivity contribution in [2.75, 3.05) is 12.4 Å². The van der Waals surface area contributed by atoms with E-state index in [0.29, 0.717) is 28.1 Å². The Morgan fingerprint density at radius 1 is 0.821 bits per heavy atom. The Morgan fingerprint density at radius 2 is 1.54 bits per heavy atom. The first-order chi connectivity index (χ1) is 18.8. The largest absolute Gasteiger partial charge is 0.497 e. The number of hydrazone groups is 1. The van der Waals surface area contributed by atoms with Crippen molar-refractivity contribution in [2.24, 2.45) is 5.10 Å². The van der Waals surface area contributed by atoms with E-state index < -0.39 is 11.9 Å². The highest BCUT2D eigenvalue weighted by molar-refractivity contribution is 9.10. The van der Waals surface area contributed by atoms with Crippen LogP contribution in [-0.4, -0.2) is 31.1 Å². The minimum atomic E-state index is -0.507. The minimum absolute atomic E-state index is 0.282. The van der Waals surface area contributed by atoms with Gasteiger partial charge in [-0.3, -0.25) is 9.59 Å². The van der Waals surface area contributed by atoms with E-state index in [0.717, 1.165) is 10.0 Å². The first-order valence-corrected chi connectivity index (χ1v) is 12.6. The zero-order valence-electron chi connectivity index (χ0n) is 21.1. The van der Waals surface area contributed by atoms with Gasteiger partial charge in [0.2, 0.25) is 0 Å². The standard InChI is InChI=1S/C30H24BrN3O5/c1-19-6-3-9-22(14-19)30(37)39-27-13-12-24(31)15-23(27)18-32-34-29(36)20-7-4-10-25(16-20)33-28(35)21-8-5-11-26(17-21)38-2/h3-18H,1-2H3,(H,33,35)(H,34,36). The molecule has 0 radical (unpaired) electrons. The van der Waals surface area contributed by atoms with Gasteiger partial charge in [-0.05, 0) is 73.7 Å². The van der Waals surface area contributed by atoms with E-state index in [1.165, 1.54) is 19.4 Å². The van der Waals surface area contributed by atoms with Crippen LogP contribution < -0.4 is 20.2 Å². The Morgan fingerprint density at radius 3 is 2.31 bits per heavy atom. The van der Waals surface area contributed by atoms with Gasteiger partial charge in [-0.15, -0.1) is 0 Å². The molecule has 4 aromatic rings. The normalized spacial score (nSPS) is 10.6. The maximum Gasteiger partial charge on any atom is 0.343 e. The Labute approximate surface area is 233 Å². The molecule has 196 valence electrons. The molecule has 9 heteroatoms. The number of ether oxygens (including phenoxy) is 2. The predicted molar refractivity (Wildman–Crippen MR) is 153 cm³/mol. The molecular formula is C30H24BrN3O5. The molecule has 0 heterocycles. The molecule has 0 saturated carbocycles. The Kier molecular flexibility index (Phi) is 8.86. The molecule has 0 aliphatic carbocycles. The van der Waals surface area contributed by atoms with Gasteiger partial charge in [0.15, 0.2) is 0 Å². The molecular weight excluding hydrogens is 562 g/mol. The van der Waals surface area contributed by atoms with Crippen LogP contribution in [0.3, 0.4) is 0 Å². The fourth-order valence-corrected chi connectivity index (χ4v) is 3.95. The van der Waals surface area contributed by atoms with Crippen LogP contribution in [0.2, 0.25) is 0 Å². The first kappa shape index (κ1) is 27.3. The van der Waals surface area contributed by atoms with Crippen LogP contribution in [0.25, 0.3) is 0 Å². The molecule has 0 bridgehead atoms. The van der Waals surface area contributed by atoms with Crippen LogP contribution in [0.4, 0.5) is 5.69 Å². The van der Waals surface area contributed by atoms with Crippen LogP contribution in [0.1, 0.15) is 42.2 Å². The molecule has 0 unspecified atom stereocenters. The molecule has 0 aromatic heterocycles. The number of hydrogen-bond acceptors (Lipinski definition) is 6. The SMILES string of the molecule is COc1cccc(C(=O)Nc2cccc(C(=O)NN=Cc3cc(Br)ccc3OC(=O)c3cccc(C)c3)c2)c1. The van der Waals surface area contributed by atoms with E-state index in [-0.39, 0.29) is 17.2 Å². The lowest BCUT2D eigenvalue weighted by Crippen LogP contribution is -2.18. The summed E-state index contributed by atoms with van der Waals surface area (Å²) in [5.41, 5.74) is 5.45. The number of carbonyl (C=O) groups is 3. The van der Waals surface area contributed by atoms with Gasteiger partial charge in [0, 0.05) is 26.9 Å². The molecule has 0 atom stereocenters. The number of esters is 1. The van der Waals surface area contributed by atoms with Crippen LogP contribution in [0, 0.1) is 6.92 Å². The lowest BCUT2D eigenvalue weighted by atomic mass is 10.1. The Hall–Kier alpha value is -4.76. The number of nitrogens with one attached hydrogen (secondary N) is 2. The molecule has 2 amide bonds. The monoisotopic (exact) mass is 585 g/mol. The van der Waals surface area contributed by atoms with Crippen molar-refractivity contribution in [3.05, 3.63) is 123 Å². The van der Waals surface area contributed by atoms with Crippen molar-refractivity contribution in [1.29, 1.82) is 0 Å². The van der Waals surface area contributed by atoms with Crippen molar-refractivity contribution >= 4 is 45.6 Å². The van der Waals surface area contributed by atoms with Gasteiger partial charge < -0.3 is 14.8 Å². The second kappa shape index (κ2) is 12.7. The third kappa shape index (κ3) is 7.39. The number of amides is 2. The second-order valence-electron chi connectivity index (χ2n) is 8.41. The fraction of sp³-hybridized carbons (Fsp3) is 0.0667. The quantitative estimate of drug-likeness (QED) is 0.114. The number of benzene rings is 4. The average molecular weight is 586 g/mol. The number of halogens is 1. The highest BCUT2D eigenvalue weighted by atomic mass is 79.9. The third-order valence-corrected chi connectivity index (χ3v) is 6.01. The minimum Gasteiger partial charge on any atom is -0.497 e. The summed E-state index contributed by atoms with van der Waals surface area (Å²) in [6.45, 7) is 1.89. The summed E-state index contributed by atoms with van der Waals surface area (Å²) in [6, 6.07) is 25.4. The lowest BCUT2D eigenvalue weighted by Gasteiger charge is -2.09. The maximum atomic E-state index is 12.7. The zero-order valence-corrected chi connectivity index (χ0v) is 22.7. The fourth-order valence-electron chi connectivity index (χ4n) is 3.57. The average Bonchev–Trinajstić information content (AvgIpc) is 2.94. The molecule has 4 aromatic carbocycles. The summed E-state index contributed by atoms with van der Waals surface area (Å²) < 4.78 is 11.5.